The van der Waals surface area contributed by atoms with Gasteiger partial charge in [0.15, 0.2) is 5.65 Å². The summed E-state index contributed by atoms with van der Waals surface area (Å²) >= 11 is 0. The van der Waals surface area contributed by atoms with Crippen molar-refractivity contribution in [2.45, 2.75) is 6.54 Å². The molecule has 4 aromatic heterocycles. The molecule has 4 heterocycles. The van der Waals surface area contributed by atoms with Crippen LogP contribution < -0.4 is 4.72 Å². The molecule has 8 nitrogen and oxygen atoms in total. The smallest absolute Gasteiger partial charge is 0.209 e. The minimum Gasteiger partial charge on any atom is -0.353 e. The van der Waals surface area contributed by atoms with Gasteiger partial charge in [-0.3, -0.25) is 10.1 Å². The molecule has 2 aromatic carbocycles. The SMILES string of the molecule is CS(=O)(=O)NCc1cc(F)cc(-c2cccc3[nH]c(-c4n[nH]c5ncc(-c6cccnc6)cc45)cc23)c1. The second kappa shape index (κ2) is 8.91. The first-order valence-corrected chi connectivity index (χ1v) is 13.3. The highest BCUT2D eigenvalue weighted by molar-refractivity contribution is 7.88. The average molecular weight is 513 g/mol. The lowest BCUT2D eigenvalue weighted by molar-refractivity contribution is 0.586. The van der Waals surface area contributed by atoms with Crippen LogP contribution in [0.4, 0.5) is 4.39 Å². The van der Waals surface area contributed by atoms with Crippen LogP contribution in [-0.4, -0.2) is 39.8 Å². The van der Waals surface area contributed by atoms with E-state index in [4.69, 9.17) is 0 Å². The van der Waals surface area contributed by atoms with E-state index in [1.54, 1.807) is 24.7 Å². The molecule has 37 heavy (non-hydrogen) atoms. The molecule has 0 unspecified atom stereocenters. The van der Waals surface area contributed by atoms with Crippen molar-refractivity contribution in [3.05, 3.63) is 90.6 Å². The van der Waals surface area contributed by atoms with Crippen LogP contribution in [0.15, 0.2) is 79.3 Å². The predicted molar refractivity (Wildman–Crippen MR) is 141 cm³/mol. The Hall–Kier alpha value is -4.41. The number of fused-ring (bicyclic) bond motifs is 2. The fourth-order valence-corrected chi connectivity index (χ4v) is 4.89. The van der Waals surface area contributed by atoms with Gasteiger partial charge in [-0.2, -0.15) is 5.10 Å². The minimum atomic E-state index is -3.40. The third-order valence-corrected chi connectivity index (χ3v) is 6.81. The van der Waals surface area contributed by atoms with Gasteiger partial charge in [-0.1, -0.05) is 18.2 Å². The number of halogens is 1. The van der Waals surface area contributed by atoms with Crippen LogP contribution in [0, 0.1) is 5.82 Å². The molecular formula is C27H21FN6O2S. The van der Waals surface area contributed by atoms with Crippen LogP contribution in [0.25, 0.3) is 55.6 Å². The molecule has 6 aromatic rings. The molecule has 6 rings (SSSR count). The number of pyridine rings is 2. The largest absolute Gasteiger partial charge is 0.353 e. The number of benzene rings is 2. The van der Waals surface area contributed by atoms with Crippen LogP contribution >= 0.6 is 0 Å². The van der Waals surface area contributed by atoms with Gasteiger partial charge in [-0.05, 0) is 59.2 Å². The van der Waals surface area contributed by atoms with E-state index in [0.717, 1.165) is 44.9 Å². The Labute approximate surface area is 211 Å². The predicted octanol–water partition coefficient (Wildman–Crippen LogP) is 5.02. The molecule has 0 saturated heterocycles. The van der Waals surface area contributed by atoms with Gasteiger partial charge in [0.1, 0.15) is 11.5 Å². The van der Waals surface area contributed by atoms with Crippen LogP contribution in [0.5, 0.6) is 0 Å². The fourth-order valence-electron chi connectivity index (χ4n) is 4.46. The van der Waals surface area contributed by atoms with E-state index in [-0.39, 0.29) is 6.54 Å². The van der Waals surface area contributed by atoms with E-state index in [0.29, 0.717) is 22.5 Å². The van der Waals surface area contributed by atoms with E-state index in [2.05, 4.69) is 29.9 Å². The van der Waals surface area contributed by atoms with Crippen LogP contribution in [0.2, 0.25) is 0 Å². The standard InChI is InChI=1S/C27H21FN6O2S/c1-37(35,36)31-13-16-8-18(10-20(28)9-16)21-5-2-6-24-22(21)12-25(32-24)26-23-11-19(15-30-27(23)34-33-26)17-4-3-7-29-14-17/h2-12,14-15,31-32H,13H2,1H3,(H,30,33,34). The molecule has 0 saturated carbocycles. The molecule has 3 N–H and O–H groups in total. The molecule has 184 valence electrons. The Morgan fingerprint density at radius 1 is 0.946 bits per heavy atom. The van der Waals surface area contributed by atoms with Crippen molar-refractivity contribution in [3.63, 3.8) is 0 Å². The maximum atomic E-state index is 14.5. The zero-order valence-electron chi connectivity index (χ0n) is 19.7. The quantitative estimate of drug-likeness (QED) is 0.290. The molecule has 0 aliphatic carbocycles. The molecule has 10 heteroatoms. The van der Waals surface area contributed by atoms with Gasteiger partial charge in [-0.15, -0.1) is 0 Å². The summed E-state index contributed by atoms with van der Waals surface area (Å²) in [5.41, 5.74) is 6.89. The van der Waals surface area contributed by atoms with Gasteiger partial charge in [0.05, 0.1) is 11.9 Å². The van der Waals surface area contributed by atoms with Crippen LogP contribution in [0.1, 0.15) is 5.56 Å². The Kier molecular flexibility index (Phi) is 5.54. The van der Waals surface area contributed by atoms with Gasteiger partial charge < -0.3 is 4.98 Å². The van der Waals surface area contributed by atoms with Crippen molar-refractivity contribution >= 4 is 32.0 Å². The van der Waals surface area contributed by atoms with E-state index in [1.165, 1.54) is 12.1 Å². The minimum absolute atomic E-state index is 0.00346. The van der Waals surface area contributed by atoms with Crippen LogP contribution in [-0.2, 0) is 16.6 Å². The number of rotatable bonds is 6. The third kappa shape index (κ3) is 4.59. The topological polar surface area (TPSA) is 116 Å². The van der Waals surface area contributed by atoms with Crippen molar-refractivity contribution in [1.82, 2.24) is 29.9 Å². The lowest BCUT2D eigenvalue weighted by Gasteiger charge is -2.08. The highest BCUT2D eigenvalue weighted by atomic mass is 32.2. The summed E-state index contributed by atoms with van der Waals surface area (Å²) in [6, 6.07) is 18.2. The first-order chi connectivity index (χ1) is 17.8. The van der Waals surface area contributed by atoms with E-state index in [1.807, 2.05) is 42.5 Å². The van der Waals surface area contributed by atoms with Gasteiger partial charge >= 0.3 is 0 Å². The van der Waals surface area contributed by atoms with Crippen molar-refractivity contribution in [2.75, 3.05) is 6.26 Å². The maximum absolute atomic E-state index is 14.5. The van der Waals surface area contributed by atoms with Crippen molar-refractivity contribution < 1.29 is 12.8 Å². The van der Waals surface area contributed by atoms with E-state index in [9.17, 15) is 12.8 Å². The number of aromatic amines is 2. The first-order valence-electron chi connectivity index (χ1n) is 11.5. The summed E-state index contributed by atoms with van der Waals surface area (Å²) < 4.78 is 39.9. The third-order valence-electron chi connectivity index (χ3n) is 6.14. The number of hydrogen-bond donors (Lipinski definition) is 3. The Morgan fingerprint density at radius 2 is 1.84 bits per heavy atom. The van der Waals surface area contributed by atoms with Gasteiger partial charge in [0.2, 0.25) is 10.0 Å². The molecule has 0 radical (unpaired) electrons. The summed E-state index contributed by atoms with van der Waals surface area (Å²) in [4.78, 5) is 12.1. The normalized spacial score (nSPS) is 11.9. The van der Waals surface area contributed by atoms with Crippen molar-refractivity contribution in [3.8, 4) is 33.6 Å². The Bertz CT molecular complexity index is 1880. The molecule has 0 aliphatic heterocycles. The summed E-state index contributed by atoms with van der Waals surface area (Å²) in [6.45, 7) is 0.00346. The second-order valence-electron chi connectivity index (χ2n) is 8.83. The summed E-state index contributed by atoms with van der Waals surface area (Å²) in [6.07, 6.45) is 6.37. The van der Waals surface area contributed by atoms with Crippen molar-refractivity contribution in [1.29, 1.82) is 0 Å². The number of aromatic nitrogens is 5. The molecule has 0 bridgehead atoms. The van der Waals surface area contributed by atoms with Gasteiger partial charge in [0, 0.05) is 52.6 Å². The van der Waals surface area contributed by atoms with E-state index >= 15 is 0 Å². The molecule has 0 amide bonds. The van der Waals surface area contributed by atoms with Crippen molar-refractivity contribution in [2.24, 2.45) is 0 Å². The first kappa shape index (κ1) is 23.0. The number of nitrogens with one attached hydrogen (secondary N) is 3. The number of hydrogen-bond acceptors (Lipinski definition) is 5. The molecule has 0 fully saturated rings. The summed E-state index contributed by atoms with van der Waals surface area (Å²) in [7, 11) is -3.40. The lowest BCUT2D eigenvalue weighted by atomic mass is 9.99. The molecule has 0 spiro atoms. The molecule has 0 aliphatic rings. The lowest BCUT2D eigenvalue weighted by Crippen LogP contribution is -2.21. The van der Waals surface area contributed by atoms with Gasteiger partial charge in [-0.25, -0.2) is 22.5 Å². The Balaban J connectivity index is 1.44. The van der Waals surface area contributed by atoms with E-state index < -0.39 is 15.8 Å². The second-order valence-corrected chi connectivity index (χ2v) is 10.7. The Morgan fingerprint density at radius 3 is 2.65 bits per heavy atom. The summed E-state index contributed by atoms with van der Waals surface area (Å²) in [5.74, 6) is -0.442. The number of sulfonamides is 1. The van der Waals surface area contributed by atoms with Crippen LogP contribution in [0.3, 0.4) is 0 Å². The molecule has 0 atom stereocenters. The highest BCUT2D eigenvalue weighted by Crippen LogP contribution is 2.35. The zero-order chi connectivity index (χ0) is 25.6. The number of nitrogens with zero attached hydrogens (tertiary/aromatic N) is 3. The monoisotopic (exact) mass is 512 g/mol. The maximum Gasteiger partial charge on any atom is 0.209 e. The zero-order valence-corrected chi connectivity index (χ0v) is 20.5. The highest BCUT2D eigenvalue weighted by Gasteiger charge is 2.16. The summed E-state index contributed by atoms with van der Waals surface area (Å²) in [5, 5.41) is 9.25. The average Bonchev–Trinajstić information content (AvgIpc) is 3.51. The fraction of sp³-hybridized carbons (Fsp3) is 0.0741. The number of H-pyrrole nitrogens is 2. The molecular weight excluding hydrogens is 491 g/mol. The van der Waals surface area contributed by atoms with Gasteiger partial charge in [0.25, 0.3) is 0 Å².